The highest BCUT2D eigenvalue weighted by Crippen LogP contribution is 2.32. The van der Waals surface area contributed by atoms with Crippen LogP contribution in [0.15, 0.2) is 30.9 Å². The Hall–Kier alpha value is -1.23. The fourth-order valence-electron chi connectivity index (χ4n) is 3.45. The lowest BCUT2D eigenvalue weighted by atomic mass is 10.1. The van der Waals surface area contributed by atoms with Gasteiger partial charge in [0.1, 0.15) is 0 Å². The number of pyridine rings is 1. The number of hydrogen-bond acceptors (Lipinski definition) is 4. The first kappa shape index (κ1) is 14.7. The van der Waals surface area contributed by atoms with E-state index >= 15 is 0 Å². The molecule has 2 aliphatic rings. The monoisotopic (exact) mass is 288 g/mol. The number of aryl methyl sites for hydroxylation is 1. The minimum Gasteiger partial charge on any atom is -0.373 e. The Morgan fingerprint density at radius 2 is 2.38 bits per heavy atom. The third-order valence-corrected chi connectivity index (χ3v) is 4.39. The SMILES string of the molecule is C=CCO[C@H]1CC[C@H]2[C@@H]1OCCN2Cc1cccc(C)n1. The highest BCUT2D eigenvalue weighted by Gasteiger charge is 2.43. The number of nitrogens with zero attached hydrogens (tertiary/aromatic N) is 2. The smallest absolute Gasteiger partial charge is 0.0992 e. The van der Waals surface area contributed by atoms with E-state index in [2.05, 4.69) is 28.6 Å². The Labute approximate surface area is 126 Å². The second kappa shape index (κ2) is 6.69. The van der Waals surface area contributed by atoms with Crippen LogP contribution >= 0.6 is 0 Å². The van der Waals surface area contributed by atoms with Crippen molar-refractivity contribution in [3.05, 3.63) is 42.2 Å². The fraction of sp³-hybridized carbons (Fsp3) is 0.588. The van der Waals surface area contributed by atoms with Crippen LogP contribution in [0.1, 0.15) is 24.2 Å². The first-order valence-corrected chi connectivity index (χ1v) is 7.78. The number of ether oxygens (including phenoxy) is 2. The summed E-state index contributed by atoms with van der Waals surface area (Å²) in [6.07, 6.45) is 4.42. The Bertz CT molecular complexity index is 491. The van der Waals surface area contributed by atoms with Gasteiger partial charge in [0.05, 0.1) is 31.1 Å². The van der Waals surface area contributed by atoms with E-state index in [1.54, 1.807) is 0 Å². The number of morpholine rings is 1. The lowest BCUT2D eigenvalue weighted by molar-refractivity contribution is -0.111. The minimum absolute atomic E-state index is 0.198. The first-order valence-electron chi connectivity index (χ1n) is 7.78. The maximum absolute atomic E-state index is 5.98. The van der Waals surface area contributed by atoms with E-state index in [0.717, 1.165) is 43.9 Å². The Balaban J connectivity index is 1.65. The molecule has 1 saturated carbocycles. The van der Waals surface area contributed by atoms with E-state index in [0.29, 0.717) is 12.6 Å². The maximum atomic E-state index is 5.98. The summed E-state index contributed by atoms with van der Waals surface area (Å²) in [6, 6.07) is 6.69. The molecule has 0 amide bonds. The van der Waals surface area contributed by atoms with Crippen LogP contribution in [0.2, 0.25) is 0 Å². The second-order valence-electron chi connectivity index (χ2n) is 5.88. The van der Waals surface area contributed by atoms with Gasteiger partial charge in [-0.15, -0.1) is 6.58 Å². The van der Waals surface area contributed by atoms with E-state index in [4.69, 9.17) is 9.47 Å². The van der Waals surface area contributed by atoms with Gasteiger partial charge in [-0.05, 0) is 31.9 Å². The molecule has 1 aliphatic heterocycles. The molecule has 0 radical (unpaired) electrons. The molecule has 3 atom stereocenters. The molecule has 114 valence electrons. The summed E-state index contributed by atoms with van der Waals surface area (Å²) >= 11 is 0. The molecular formula is C17H24N2O2. The highest BCUT2D eigenvalue weighted by molar-refractivity contribution is 5.10. The van der Waals surface area contributed by atoms with Crippen LogP contribution in [0.4, 0.5) is 0 Å². The van der Waals surface area contributed by atoms with Crippen molar-refractivity contribution >= 4 is 0 Å². The highest BCUT2D eigenvalue weighted by atomic mass is 16.5. The summed E-state index contributed by atoms with van der Waals surface area (Å²) < 4.78 is 11.8. The zero-order chi connectivity index (χ0) is 14.7. The standard InChI is InChI=1S/C17H24N2O2/c1-3-10-20-16-8-7-15-17(16)21-11-9-19(15)12-14-6-4-5-13(2)18-14/h3-6,15-17H,1,7-12H2,2H3/t15-,16-,17-/m0/s1. The molecule has 0 bridgehead atoms. The summed E-state index contributed by atoms with van der Waals surface area (Å²) in [6.45, 7) is 9.03. The number of aromatic nitrogens is 1. The average Bonchev–Trinajstić information content (AvgIpc) is 2.89. The summed E-state index contributed by atoms with van der Waals surface area (Å²) in [5, 5.41) is 0. The number of rotatable bonds is 5. The van der Waals surface area contributed by atoms with Crippen LogP contribution in [0, 0.1) is 6.92 Å². The molecule has 4 nitrogen and oxygen atoms in total. The largest absolute Gasteiger partial charge is 0.373 e. The summed E-state index contributed by atoms with van der Waals surface area (Å²) in [5.74, 6) is 0. The van der Waals surface area contributed by atoms with Crippen LogP contribution in [0.25, 0.3) is 0 Å². The zero-order valence-corrected chi connectivity index (χ0v) is 12.7. The van der Waals surface area contributed by atoms with Crippen molar-refractivity contribution in [2.45, 2.75) is 44.6 Å². The van der Waals surface area contributed by atoms with E-state index in [-0.39, 0.29) is 12.2 Å². The Morgan fingerprint density at radius 1 is 1.48 bits per heavy atom. The molecule has 0 aromatic carbocycles. The van der Waals surface area contributed by atoms with Gasteiger partial charge in [0.2, 0.25) is 0 Å². The number of hydrogen-bond donors (Lipinski definition) is 0. The van der Waals surface area contributed by atoms with Crippen molar-refractivity contribution in [1.29, 1.82) is 0 Å². The zero-order valence-electron chi connectivity index (χ0n) is 12.7. The van der Waals surface area contributed by atoms with Crippen LogP contribution in [0.5, 0.6) is 0 Å². The van der Waals surface area contributed by atoms with Crippen molar-refractivity contribution in [2.75, 3.05) is 19.8 Å². The van der Waals surface area contributed by atoms with E-state index in [9.17, 15) is 0 Å². The molecule has 21 heavy (non-hydrogen) atoms. The summed E-state index contributed by atoms with van der Waals surface area (Å²) in [7, 11) is 0. The van der Waals surface area contributed by atoms with Crippen LogP contribution < -0.4 is 0 Å². The average molecular weight is 288 g/mol. The molecule has 0 N–H and O–H groups in total. The molecule has 2 heterocycles. The van der Waals surface area contributed by atoms with Gasteiger partial charge < -0.3 is 9.47 Å². The molecule has 3 rings (SSSR count). The van der Waals surface area contributed by atoms with Gasteiger partial charge in [0, 0.05) is 24.8 Å². The summed E-state index contributed by atoms with van der Waals surface area (Å²) in [4.78, 5) is 7.13. The normalized spacial score (nSPS) is 29.3. The third-order valence-electron chi connectivity index (χ3n) is 4.39. The molecule has 0 spiro atoms. The molecule has 2 fully saturated rings. The maximum Gasteiger partial charge on any atom is 0.0992 e. The van der Waals surface area contributed by atoms with Gasteiger partial charge in [-0.2, -0.15) is 0 Å². The van der Waals surface area contributed by atoms with Gasteiger partial charge in [0.15, 0.2) is 0 Å². The molecule has 0 unspecified atom stereocenters. The van der Waals surface area contributed by atoms with E-state index < -0.39 is 0 Å². The van der Waals surface area contributed by atoms with Crippen LogP contribution in [-0.2, 0) is 16.0 Å². The van der Waals surface area contributed by atoms with Gasteiger partial charge in [-0.25, -0.2) is 0 Å². The van der Waals surface area contributed by atoms with Crippen LogP contribution in [-0.4, -0.2) is 47.9 Å². The summed E-state index contributed by atoms with van der Waals surface area (Å²) in [5.41, 5.74) is 2.22. The van der Waals surface area contributed by atoms with Crippen molar-refractivity contribution in [3.63, 3.8) is 0 Å². The van der Waals surface area contributed by atoms with Crippen molar-refractivity contribution in [3.8, 4) is 0 Å². The molecular weight excluding hydrogens is 264 g/mol. The molecule has 1 aromatic heterocycles. The van der Waals surface area contributed by atoms with E-state index in [1.807, 2.05) is 19.1 Å². The Kier molecular flexibility index (Phi) is 4.68. The molecule has 1 aromatic rings. The minimum atomic E-state index is 0.198. The lowest BCUT2D eigenvalue weighted by Crippen LogP contribution is -2.51. The third kappa shape index (κ3) is 3.34. The molecule has 1 aliphatic carbocycles. The van der Waals surface area contributed by atoms with Gasteiger partial charge >= 0.3 is 0 Å². The van der Waals surface area contributed by atoms with Gasteiger partial charge in [-0.3, -0.25) is 9.88 Å². The Morgan fingerprint density at radius 3 is 3.19 bits per heavy atom. The second-order valence-corrected chi connectivity index (χ2v) is 5.88. The van der Waals surface area contributed by atoms with Gasteiger partial charge in [0.25, 0.3) is 0 Å². The fourth-order valence-corrected chi connectivity index (χ4v) is 3.45. The van der Waals surface area contributed by atoms with Crippen molar-refractivity contribution in [2.24, 2.45) is 0 Å². The topological polar surface area (TPSA) is 34.6 Å². The van der Waals surface area contributed by atoms with Crippen molar-refractivity contribution < 1.29 is 9.47 Å². The predicted octanol–water partition coefficient (Wildman–Crippen LogP) is 2.32. The van der Waals surface area contributed by atoms with Crippen molar-refractivity contribution in [1.82, 2.24) is 9.88 Å². The first-order chi connectivity index (χ1) is 10.3. The number of fused-ring (bicyclic) bond motifs is 1. The van der Waals surface area contributed by atoms with Crippen LogP contribution in [0.3, 0.4) is 0 Å². The molecule has 4 heteroatoms. The lowest BCUT2D eigenvalue weighted by Gasteiger charge is -2.38. The van der Waals surface area contributed by atoms with Gasteiger partial charge in [-0.1, -0.05) is 12.1 Å². The molecule has 1 saturated heterocycles. The predicted molar refractivity (Wildman–Crippen MR) is 82.1 cm³/mol. The quantitative estimate of drug-likeness (QED) is 0.779. The van der Waals surface area contributed by atoms with E-state index in [1.165, 1.54) is 0 Å².